The fourth-order valence-electron chi connectivity index (χ4n) is 4.72. The number of aliphatic imine (C=N–C) groups is 1. The molecule has 4 rings (SSSR count). The van der Waals surface area contributed by atoms with E-state index in [1.165, 1.54) is 6.92 Å². The number of aromatic nitrogens is 2. The van der Waals surface area contributed by atoms with Crippen LogP contribution in [0.25, 0.3) is 0 Å². The predicted octanol–water partition coefficient (Wildman–Crippen LogP) is 0.830. The summed E-state index contributed by atoms with van der Waals surface area (Å²) in [6.07, 6.45) is 1.68. The second kappa shape index (κ2) is 12.2. The fraction of sp³-hybridized carbons (Fsp3) is 0.462. The van der Waals surface area contributed by atoms with Gasteiger partial charge >= 0.3 is 0 Å². The number of hydrogen-bond acceptors (Lipinski definition) is 10. The molecule has 0 saturated carbocycles. The number of anilines is 2. The highest BCUT2D eigenvalue weighted by molar-refractivity contribution is 14.1. The summed E-state index contributed by atoms with van der Waals surface area (Å²) < 4.78 is 6.07. The highest BCUT2D eigenvalue weighted by atomic mass is 127. The minimum Gasteiger partial charge on any atom is -0.491 e. The van der Waals surface area contributed by atoms with Gasteiger partial charge < -0.3 is 31.7 Å². The van der Waals surface area contributed by atoms with Crippen LogP contribution in [0.15, 0.2) is 29.3 Å². The lowest BCUT2D eigenvalue weighted by molar-refractivity contribution is -0.137. The van der Waals surface area contributed by atoms with Gasteiger partial charge in [0.15, 0.2) is 23.3 Å². The molecule has 0 radical (unpaired) electrons. The summed E-state index contributed by atoms with van der Waals surface area (Å²) in [5.41, 5.74) is 12.0. The van der Waals surface area contributed by atoms with Gasteiger partial charge in [0, 0.05) is 26.4 Å². The fourth-order valence-corrected chi connectivity index (χ4v) is 5.08. The first kappa shape index (κ1) is 29.3. The maximum absolute atomic E-state index is 13.5. The molecule has 1 saturated heterocycles. The van der Waals surface area contributed by atoms with E-state index >= 15 is 0 Å². The number of guanidine groups is 1. The summed E-state index contributed by atoms with van der Waals surface area (Å²) in [6.45, 7) is 6.73. The molecule has 40 heavy (non-hydrogen) atoms. The standard InChI is InChI=1S/C26H34IN9O4/c1-14(2)40-17-6-4-16(5-7-17)12-18(31-15(3)37)24(39)36-10-8-26(9-11-36)13-30-25(35-26)34-23(38)19-21(28)33-22(29)20(27)32-19/h4-7,14,18H,8-13H2,1-3H3,(H,31,37)(H4,28,29,33)(H2,30,34,35,38)/t18-/m0/s1. The predicted molar refractivity (Wildman–Crippen MR) is 159 cm³/mol. The second-order valence-corrected chi connectivity index (χ2v) is 11.3. The van der Waals surface area contributed by atoms with Gasteiger partial charge in [-0.05, 0) is 67.0 Å². The number of nitrogens with one attached hydrogen (secondary N) is 3. The SMILES string of the molecule is CC(=O)N[C@@H](Cc1ccc(OC(C)C)cc1)C(=O)N1CCC2(CC1)CN=C(NC(=O)c1nc(I)c(N)nc1N)N2. The van der Waals surface area contributed by atoms with E-state index in [0.717, 1.165) is 11.3 Å². The monoisotopic (exact) mass is 663 g/mol. The van der Waals surface area contributed by atoms with Gasteiger partial charge in [0.25, 0.3) is 5.91 Å². The van der Waals surface area contributed by atoms with Gasteiger partial charge in [0.1, 0.15) is 15.5 Å². The molecule has 1 spiro atoms. The molecule has 14 heteroatoms. The number of benzene rings is 1. The first-order valence-electron chi connectivity index (χ1n) is 13.0. The quantitative estimate of drug-likeness (QED) is 0.267. The maximum atomic E-state index is 13.5. The van der Waals surface area contributed by atoms with Crippen molar-refractivity contribution >= 4 is 57.9 Å². The van der Waals surface area contributed by atoms with E-state index < -0.39 is 11.9 Å². The smallest absolute Gasteiger partial charge is 0.280 e. The van der Waals surface area contributed by atoms with Crippen LogP contribution in [0, 0.1) is 3.70 Å². The van der Waals surface area contributed by atoms with Gasteiger partial charge in [0.05, 0.1) is 18.2 Å². The van der Waals surface area contributed by atoms with Crippen LogP contribution in [0.1, 0.15) is 49.7 Å². The number of nitrogen functional groups attached to an aromatic ring is 2. The topological polar surface area (TPSA) is 190 Å². The lowest BCUT2D eigenvalue weighted by atomic mass is 9.88. The Balaban J connectivity index is 1.33. The van der Waals surface area contributed by atoms with E-state index in [4.69, 9.17) is 16.2 Å². The van der Waals surface area contributed by atoms with Crippen molar-refractivity contribution in [2.75, 3.05) is 31.1 Å². The lowest BCUT2D eigenvalue weighted by Crippen LogP contribution is -2.59. The Morgan fingerprint density at radius 3 is 2.42 bits per heavy atom. The van der Waals surface area contributed by atoms with Crippen molar-refractivity contribution in [2.45, 2.75) is 57.7 Å². The third-order valence-electron chi connectivity index (χ3n) is 6.72. The molecule has 0 aliphatic carbocycles. The van der Waals surface area contributed by atoms with Crippen LogP contribution in [0.2, 0.25) is 0 Å². The van der Waals surface area contributed by atoms with Crippen molar-refractivity contribution in [3.05, 3.63) is 39.2 Å². The van der Waals surface area contributed by atoms with Crippen LogP contribution in [0.4, 0.5) is 11.6 Å². The number of amides is 3. The van der Waals surface area contributed by atoms with Gasteiger partial charge in [-0.15, -0.1) is 0 Å². The minimum absolute atomic E-state index is 0.0319. The molecule has 1 aromatic carbocycles. The van der Waals surface area contributed by atoms with Crippen molar-refractivity contribution in [3.63, 3.8) is 0 Å². The van der Waals surface area contributed by atoms with Gasteiger partial charge in [-0.2, -0.15) is 0 Å². The molecule has 1 atom stereocenters. The van der Waals surface area contributed by atoms with Crippen molar-refractivity contribution < 1.29 is 19.1 Å². The van der Waals surface area contributed by atoms with E-state index in [9.17, 15) is 14.4 Å². The molecule has 7 N–H and O–H groups in total. The zero-order chi connectivity index (χ0) is 29.0. The summed E-state index contributed by atoms with van der Waals surface area (Å²) in [7, 11) is 0. The van der Waals surface area contributed by atoms with E-state index in [1.54, 1.807) is 4.90 Å². The first-order chi connectivity index (χ1) is 18.9. The molecule has 13 nitrogen and oxygen atoms in total. The number of halogens is 1. The van der Waals surface area contributed by atoms with E-state index in [0.29, 0.717) is 48.6 Å². The summed E-state index contributed by atoms with van der Waals surface area (Å²) in [6, 6.07) is 6.87. The Morgan fingerprint density at radius 1 is 1.12 bits per heavy atom. The number of nitrogens with two attached hydrogens (primary N) is 2. The molecule has 2 aromatic rings. The molecule has 1 fully saturated rings. The number of nitrogens with zero attached hydrogens (tertiary/aromatic N) is 4. The van der Waals surface area contributed by atoms with Crippen molar-refractivity contribution in [2.24, 2.45) is 4.99 Å². The van der Waals surface area contributed by atoms with Gasteiger partial charge in [-0.1, -0.05) is 12.1 Å². The summed E-state index contributed by atoms with van der Waals surface area (Å²) in [5.74, 6) is 0.222. The summed E-state index contributed by atoms with van der Waals surface area (Å²) >= 11 is 1.88. The Kier molecular flexibility index (Phi) is 8.95. The van der Waals surface area contributed by atoms with E-state index in [1.807, 2.05) is 60.7 Å². The van der Waals surface area contributed by atoms with Crippen molar-refractivity contribution in [1.82, 2.24) is 30.8 Å². The van der Waals surface area contributed by atoms with Crippen LogP contribution < -0.4 is 32.2 Å². The Morgan fingerprint density at radius 2 is 1.80 bits per heavy atom. The molecule has 3 heterocycles. The average molecular weight is 664 g/mol. The van der Waals surface area contributed by atoms with Crippen molar-refractivity contribution in [3.8, 4) is 5.75 Å². The molecule has 2 aliphatic rings. The van der Waals surface area contributed by atoms with Crippen LogP contribution in [0.5, 0.6) is 5.75 Å². The van der Waals surface area contributed by atoms with Gasteiger partial charge in [-0.25, -0.2) is 9.97 Å². The van der Waals surface area contributed by atoms with E-state index in [-0.39, 0.29) is 40.8 Å². The van der Waals surface area contributed by atoms with Crippen molar-refractivity contribution in [1.29, 1.82) is 0 Å². The highest BCUT2D eigenvalue weighted by Gasteiger charge is 2.41. The normalized spacial score (nSPS) is 16.7. The minimum atomic E-state index is -0.680. The first-order valence-corrected chi connectivity index (χ1v) is 14.1. The van der Waals surface area contributed by atoms with Crippen LogP contribution >= 0.6 is 22.6 Å². The number of hydrogen-bond donors (Lipinski definition) is 5. The third-order valence-corrected chi connectivity index (χ3v) is 7.51. The summed E-state index contributed by atoms with van der Waals surface area (Å²) in [5, 5.41) is 8.83. The highest BCUT2D eigenvalue weighted by Crippen LogP contribution is 2.27. The second-order valence-electron chi connectivity index (χ2n) is 10.3. The molecular formula is C26H34IN9O4. The average Bonchev–Trinajstić information content (AvgIpc) is 3.27. The number of rotatable bonds is 7. The molecule has 214 valence electrons. The molecule has 0 bridgehead atoms. The number of piperidine rings is 1. The Labute approximate surface area is 246 Å². The van der Waals surface area contributed by atoms with Gasteiger partial charge in [-0.3, -0.25) is 24.7 Å². The molecule has 3 amide bonds. The van der Waals surface area contributed by atoms with Crippen LogP contribution in [-0.2, 0) is 16.0 Å². The third kappa shape index (κ3) is 7.08. The zero-order valence-corrected chi connectivity index (χ0v) is 24.8. The number of ether oxygens (including phenoxy) is 1. The molecule has 0 unspecified atom stereocenters. The van der Waals surface area contributed by atoms with Crippen LogP contribution in [0.3, 0.4) is 0 Å². The Bertz CT molecular complexity index is 1310. The summed E-state index contributed by atoms with van der Waals surface area (Å²) in [4.78, 5) is 52.4. The van der Waals surface area contributed by atoms with Gasteiger partial charge in [0.2, 0.25) is 11.8 Å². The number of carbonyl (C=O) groups excluding carboxylic acids is 3. The van der Waals surface area contributed by atoms with E-state index in [2.05, 4.69) is 30.9 Å². The Hall–Kier alpha value is -3.69. The van der Waals surface area contributed by atoms with Crippen LogP contribution in [-0.4, -0.2) is 75.9 Å². The molecule has 2 aliphatic heterocycles. The maximum Gasteiger partial charge on any atom is 0.280 e. The number of carbonyl (C=O) groups is 3. The lowest BCUT2D eigenvalue weighted by Gasteiger charge is -2.40. The molecule has 1 aromatic heterocycles. The number of likely N-dealkylation sites (tertiary alicyclic amines) is 1. The largest absolute Gasteiger partial charge is 0.491 e. The zero-order valence-electron chi connectivity index (χ0n) is 22.7. The molecular weight excluding hydrogens is 629 g/mol.